The standard InChI is InChI=1S/C17H15N3OS2.ClH/c18-17-20(10-11-22-17)12-16(21)19-14-8-4-5-9-15(14)23-13-6-2-1-3-7-13;/h1-11,18H,12H2,(H,19,21);1H/p-1. The van der Waals surface area contributed by atoms with Gasteiger partial charge in [0.2, 0.25) is 5.91 Å². The highest BCUT2D eigenvalue weighted by molar-refractivity contribution is 7.99. The number of carbonyl (C=O) groups excluding carboxylic acids is 1. The summed E-state index contributed by atoms with van der Waals surface area (Å²) in [6, 6.07) is 17.8. The van der Waals surface area contributed by atoms with Gasteiger partial charge >= 0.3 is 0 Å². The molecule has 1 heterocycles. The third-order valence-electron chi connectivity index (χ3n) is 3.13. The van der Waals surface area contributed by atoms with Crippen molar-refractivity contribution in [1.29, 1.82) is 5.41 Å². The lowest BCUT2D eigenvalue weighted by Crippen LogP contribution is -3.00. The Morgan fingerprint density at radius 2 is 1.83 bits per heavy atom. The van der Waals surface area contributed by atoms with E-state index < -0.39 is 0 Å². The van der Waals surface area contributed by atoms with Crippen molar-refractivity contribution in [3.8, 4) is 0 Å². The maximum absolute atomic E-state index is 12.2. The fraction of sp³-hybridized carbons (Fsp3) is 0.0588. The first-order valence-electron chi connectivity index (χ1n) is 7.03. The van der Waals surface area contributed by atoms with E-state index in [2.05, 4.69) is 5.32 Å². The van der Waals surface area contributed by atoms with Gasteiger partial charge in [0.1, 0.15) is 6.54 Å². The fourth-order valence-corrected chi connectivity index (χ4v) is 3.57. The Balaban J connectivity index is 0.00000208. The Morgan fingerprint density at radius 1 is 1.12 bits per heavy atom. The average molecular weight is 377 g/mol. The fourth-order valence-electron chi connectivity index (χ4n) is 2.05. The van der Waals surface area contributed by atoms with Gasteiger partial charge in [-0.1, -0.05) is 42.1 Å². The molecule has 0 saturated carbocycles. The van der Waals surface area contributed by atoms with Gasteiger partial charge < -0.3 is 22.3 Å². The second-order valence-corrected chi connectivity index (χ2v) is 6.81. The van der Waals surface area contributed by atoms with Gasteiger partial charge in [-0.15, -0.1) is 11.3 Å². The number of benzene rings is 2. The summed E-state index contributed by atoms with van der Waals surface area (Å²) in [5.74, 6) is -0.136. The molecular formula is C17H15ClN3OS2-. The molecule has 0 unspecified atom stereocenters. The van der Waals surface area contributed by atoms with Crippen molar-refractivity contribution in [2.75, 3.05) is 5.32 Å². The van der Waals surface area contributed by atoms with Crippen LogP contribution < -0.4 is 22.5 Å². The van der Waals surface area contributed by atoms with Crippen molar-refractivity contribution in [2.24, 2.45) is 0 Å². The van der Waals surface area contributed by atoms with Crippen molar-refractivity contribution in [1.82, 2.24) is 4.57 Å². The third-order valence-corrected chi connectivity index (χ3v) is 4.93. The molecule has 0 radical (unpaired) electrons. The molecular weight excluding hydrogens is 362 g/mol. The lowest BCUT2D eigenvalue weighted by molar-refractivity contribution is -0.116. The molecule has 24 heavy (non-hydrogen) atoms. The lowest BCUT2D eigenvalue weighted by atomic mass is 10.3. The summed E-state index contributed by atoms with van der Waals surface area (Å²) >= 11 is 2.91. The Bertz CT molecular complexity index is 861. The molecule has 0 aliphatic rings. The maximum Gasteiger partial charge on any atom is 0.244 e. The topological polar surface area (TPSA) is 57.9 Å². The van der Waals surface area contributed by atoms with Gasteiger partial charge in [0.05, 0.1) is 5.69 Å². The van der Waals surface area contributed by atoms with E-state index >= 15 is 0 Å². The number of anilines is 1. The summed E-state index contributed by atoms with van der Waals surface area (Å²) in [7, 11) is 0. The average Bonchev–Trinajstić information content (AvgIpc) is 2.95. The van der Waals surface area contributed by atoms with Crippen LogP contribution in [0.2, 0.25) is 0 Å². The van der Waals surface area contributed by atoms with Crippen LogP contribution in [0.15, 0.2) is 76.0 Å². The number of nitrogens with one attached hydrogen (secondary N) is 2. The van der Waals surface area contributed by atoms with Crippen LogP contribution in [0, 0.1) is 5.41 Å². The van der Waals surface area contributed by atoms with Crippen molar-refractivity contribution < 1.29 is 17.2 Å². The quantitative estimate of drug-likeness (QED) is 0.692. The Hall–Kier alpha value is -2.02. The van der Waals surface area contributed by atoms with Crippen LogP contribution in [-0.2, 0) is 11.3 Å². The highest BCUT2D eigenvalue weighted by Crippen LogP contribution is 2.33. The third kappa shape index (κ3) is 4.74. The van der Waals surface area contributed by atoms with Gasteiger partial charge in [-0.2, -0.15) is 0 Å². The SMILES string of the molecule is N=c1sccn1CC(=O)Nc1ccccc1Sc1ccccc1.[Cl-]. The molecule has 0 spiro atoms. The predicted molar refractivity (Wildman–Crippen MR) is 93.8 cm³/mol. The number of thiazole rings is 1. The van der Waals surface area contributed by atoms with E-state index in [1.165, 1.54) is 11.3 Å². The second-order valence-electron chi connectivity index (χ2n) is 4.80. The van der Waals surface area contributed by atoms with Gasteiger partial charge in [-0.25, -0.2) is 0 Å². The van der Waals surface area contributed by atoms with Crippen LogP contribution >= 0.6 is 23.1 Å². The first-order valence-corrected chi connectivity index (χ1v) is 8.72. The number of hydrogen-bond acceptors (Lipinski definition) is 4. The van der Waals surface area contributed by atoms with Crippen molar-refractivity contribution >= 4 is 34.7 Å². The largest absolute Gasteiger partial charge is 1.00 e. The van der Waals surface area contributed by atoms with Gasteiger partial charge in [0.25, 0.3) is 0 Å². The number of carbonyl (C=O) groups is 1. The molecule has 0 saturated heterocycles. The lowest BCUT2D eigenvalue weighted by Gasteiger charge is -2.11. The van der Waals surface area contributed by atoms with E-state index in [-0.39, 0.29) is 24.9 Å². The molecule has 0 fully saturated rings. The number of para-hydroxylation sites is 1. The van der Waals surface area contributed by atoms with Crippen LogP contribution in [0.5, 0.6) is 0 Å². The second kappa shape index (κ2) is 8.73. The Kier molecular flexibility index (Phi) is 6.66. The van der Waals surface area contributed by atoms with Crippen molar-refractivity contribution in [2.45, 2.75) is 16.3 Å². The maximum atomic E-state index is 12.2. The summed E-state index contributed by atoms with van der Waals surface area (Å²) in [5, 5.41) is 12.4. The smallest absolute Gasteiger partial charge is 0.244 e. The summed E-state index contributed by atoms with van der Waals surface area (Å²) < 4.78 is 1.62. The predicted octanol–water partition coefficient (Wildman–Crippen LogP) is 0.823. The zero-order chi connectivity index (χ0) is 16.1. The van der Waals surface area contributed by atoms with Gasteiger partial charge in [0.15, 0.2) is 4.80 Å². The van der Waals surface area contributed by atoms with E-state index in [1.54, 1.807) is 27.9 Å². The normalized spacial score (nSPS) is 10.0. The van der Waals surface area contributed by atoms with Crippen molar-refractivity contribution in [3.63, 3.8) is 0 Å². The minimum absolute atomic E-state index is 0. The molecule has 3 rings (SSSR count). The first kappa shape index (κ1) is 18.3. The van der Waals surface area contributed by atoms with Gasteiger partial charge in [0, 0.05) is 21.4 Å². The number of rotatable bonds is 5. The molecule has 0 bridgehead atoms. The minimum atomic E-state index is -0.136. The molecule has 3 aromatic rings. The van der Waals surface area contributed by atoms with Gasteiger partial charge in [-0.05, 0) is 24.3 Å². The zero-order valence-corrected chi connectivity index (χ0v) is 15.0. The number of aromatic nitrogens is 1. The molecule has 124 valence electrons. The molecule has 0 aliphatic heterocycles. The van der Waals surface area contributed by atoms with E-state index in [4.69, 9.17) is 5.41 Å². The van der Waals surface area contributed by atoms with Crippen LogP contribution in [0.3, 0.4) is 0 Å². The van der Waals surface area contributed by atoms with E-state index in [0.717, 1.165) is 15.5 Å². The van der Waals surface area contributed by atoms with Crippen LogP contribution in [0.25, 0.3) is 0 Å². The molecule has 4 nitrogen and oxygen atoms in total. The molecule has 1 amide bonds. The monoisotopic (exact) mass is 376 g/mol. The summed E-state index contributed by atoms with van der Waals surface area (Å²) in [6.07, 6.45) is 1.75. The number of amides is 1. The summed E-state index contributed by atoms with van der Waals surface area (Å²) in [5.41, 5.74) is 0.786. The van der Waals surface area contributed by atoms with Crippen molar-refractivity contribution in [3.05, 3.63) is 71.0 Å². The molecule has 0 aliphatic carbocycles. The molecule has 2 N–H and O–H groups in total. The van der Waals surface area contributed by atoms with Crippen LogP contribution in [0.1, 0.15) is 0 Å². The molecule has 7 heteroatoms. The Labute approximate surface area is 154 Å². The van der Waals surface area contributed by atoms with Crippen LogP contribution in [-0.4, -0.2) is 10.5 Å². The molecule has 0 atom stereocenters. The van der Waals surface area contributed by atoms with Crippen LogP contribution in [0.4, 0.5) is 5.69 Å². The highest BCUT2D eigenvalue weighted by Gasteiger charge is 2.09. The summed E-state index contributed by atoms with van der Waals surface area (Å²) in [6.45, 7) is 0.146. The molecule has 1 aromatic heterocycles. The first-order chi connectivity index (χ1) is 11.2. The van der Waals surface area contributed by atoms with E-state index in [9.17, 15) is 4.79 Å². The zero-order valence-electron chi connectivity index (χ0n) is 12.6. The number of hydrogen-bond donors (Lipinski definition) is 2. The summed E-state index contributed by atoms with van der Waals surface area (Å²) in [4.78, 5) is 14.7. The molecule has 2 aromatic carbocycles. The number of halogens is 1. The Morgan fingerprint density at radius 3 is 2.54 bits per heavy atom. The van der Waals surface area contributed by atoms with E-state index in [1.807, 2.05) is 54.6 Å². The number of nitrogens with zero attached hydrogens (tertiary/aromatic N) is 1. The van der Waals surface area contributed by atoms with E-state index in [0.29, 0.717) is 4.80 Å². The minimum Gasteiger partial charge on any atom is -1.00 e. The highest BCUT2D eigenvalue weighted by atomic mass is 35.5. The van der Waals surface area contributed by atoms with Gasteiger partial charge in [-0.3, -0.25) is 10.2 Å².